The number of carbonyl (C=O) groups is 2. The van der Waals surface area contributed by atoms with Gasteiger partial charge in [0.1, 0.15) is 28.7 Å². The van der Waals surface area contributed by atoms with Crippen molar-refractivity contribution in [3.05, 3.63) is 44.9 Å². The molecule has 0 aromatic carbocycles. The van der Waals surface area contributed by atoms with Gasteiger partial charge in [0.15, 0.2) is 11.2 Å². The average molecular weight is 592 g/mol. The van der Waals surface area contributed by atoms with E-state index in [2.05, 4.69) is 25.3 Å². The van der Waals surface area contributed by atoms with E-state index in [1.165, 1.54) is 55.5 Å². The van der Waals surface area contributed by atoms with Gasteiger partial charge >= 0.3 is 11.9 Å². The van der Waals surface area contributed by atoms with Crippen LogP contribution >= 0.6 is 11.3 Å². The topological polar surface area (TPSA) is 150 Å². The van der Waals surface area contributed by atoms with Crippen LogP contribution in [0.1, 0.15) is 32.7 Å². The second-order valence-corrected chi connectivity index (χ2v) is 10.5. The van der Waals surface area contributed by atoms with Crippen molar-refractivity contribution in [3.63, 3.8) is 0 Å². The number of thiazole rings is 1. The van der Waals surface area contributed by atoms with Gasteiger partial charge in [-0.05, 0) is 26.7 Å². The quantitative estimate of drug-likeness (QED) is 0.341. The van der Waals surface area contributed by atoms with Gasteiger partial charge in [0.2, 0.25) is 11.9 Å². The summed E-state index contributed by atoms with van der Waals surface area (Å²) in [6.45, 7) is 2.58. The van der Waals surface area contributed by atoms with Crippen LogP contribution in [0.4, 0.5) is 24.9 Å². The normalized spacial score (nSPS) is 16.3. The summed E-state index contributed by atoms with van der Waals surface area (Å²) in [6.07, 6.45) is 0.0464. The molecule has 17 heteroatoms. The van der Waals surface area contributed by atoms with Crippen molar-refractivity contribution < 1.29 is 22.8 Å². The molecule has 1 amide bonds. The van der Waals surface area contributed by atoms with Crippen molar-refractivity contribution in [1.29, 1.82) is 0 Å². The first kappa shape index (κ1) is 28.1. The predicted octanol–water partition coefficient (Wildman–Crippen LogP) is 2.13. The van der Waals surface area contributed by atoms with E-state index in [0.717, 1.165) is 14.0 Å². The van der Waals surface area contributed by atoms with Crippen molar-refractivity contribution in [3.8, 4) is 10.6 Å². The number of fused-ring (bicyclic) bond motifs is 1. The van der Waals surface area contributed by atoms with E-state index in [1.807, 2.05) is 0 Å². The number of imidazole rings is 1. The fourth-order valence-corrected chi connectivity index (χ4v) is 5.42. The minimum Gasteiger partial charge on any atom is -0.329 e. The summed E-state index contributed by atoms with van der Waals surface area (Å²) >= 11 is 1.17. The van der Waals surface area contributed by atoms with Crippen LogP contribution in [0.5, 0.6) is 0 Å². The van der Waals surface area contributed by atoms with E-state index in [0.29, 0.717) is 17.0 Å². The van der Waals surface area contributed by atoms with Gasteiger partial charge in [-0.1, -0.05) is 0 Å². The number of anilines is 2. The maximum absolute atomic E-state index is 13.3. The Morgan fingerprint density at radius 3 is 2.56 bits per heavy atom. The van der Waals surface area contributed by atoms with Crippen LogP contribution in [-0.2, 0) is 23.2 Å². The van der Waals surface area contributed by atoms with Crippen LogP contribution in [0, 0.1) is 0 Å². The monoisotopic (exact) mass is 591 g/mol. The number of hydrogen-bond donors (Lipinski definition) is 1. The Balaban J connectivity index is 1.34. The maximum Gasteiger partial charge on any atom is 0.408 e. The molecule has 0 spiro atoms. The number of aromatic nitrogens is 7. The van der Waals surface area contributed by atoms with Crippen LogP contribution in [0.2, 0.25) is 0 Å². The van der Waals surface area contributed by atoms with Gasteiger partial charge in [-0.3, -0.25) is 23.5 Å². The Hall–Kier alpha value is -4.41. The van der Waals surface area contributed by atoms with E-state index >= 15 is 0 Å². The molecule has 0 saturated carbocycles. The number of ketones is 1. The Morgan fingerprint density at radius 2 is 1.90 bits per heavy atom. The molecule has 5 rings (SSSR count). The Kier molecular flexibility index (Phi) is 7.23. The maximum atomic E-state index is 13.3. The molecule has 1 fully saturated rings. The molecule has 13 nitrogen and oxygen atoms in total. The Labute approximate surface area is 233 Å². The molecule has 1 aliphatic heterocycles. The molecule has 1 saturated heterocycles. The molecule has 1 N–H and O–H groups in total. The fraction of sp³-hybridized carbons (Fsp3) is 0.417. The highest BCUT2D eigenvalue weighted by molar-refractivity contribution is 7.13. The number of halogens is 3. The number of Topliss-reactive ketones (excluding diaryl/α,β-unsaturated/α-hetero) is 1. The minimum absolute atomic E-state index is 0.00981. The number of alkyl halides is 3. The minimum atomic E-state index is -4.37. The van der Waals surface area contributed by atoms with Crippen LogP contribution in [0.15, 0.2) is 33.7 Å². The SMILES string of the molecule is CC(=O)Cn1c(=O)c2c(ncn2[C@@H](C)C(=O)Nc2csc(-c3cnc(N4CCC[C@H]4C(F)(F)F)nc3)n2)n(C)c1=O. The van der Waals surface area contributed by atoms with Crippen LogP contribution < -0.4 is 21.5 Å². The van der Waals surface area contributed by atoms with Gasteiger partial charge in [-0.15, -0.1) is 11.3 Å². The van der Waals surface area contributed by atoms with E-state index in [9.17, 15) is 32.3 Å². The second-order valence-electron chi connectivity index (χ2n) is 9.63. The second kappa shape index (κ2) is 10.5. The van der Waals surface area contributed by atoms with Gasteiger partial charge in [-0.2, -0.15) is 13.2 Å². The summed E-state index contributed by atoms with van der Waals surface area (Å²) < 4.78 is 43.1. The third-order valence-electron chi connectivity index (χ3n) is 6.76. The first-order valence-corrected chi connectivity index (χ1v) is 13.3. The van der Waals surface area contributed by atoms with Crippen LogP contribution in [0.3, 0.4) is 0 Å². The zero-order chi connectivity index (χ0) is 29.6. The molecule has 5 heterocycles. The summed E-state index contributed by atoms with van der Waals surface area (Å²) in [5, 5.41) is 4.67. The van der Waals surface area contributed by atoms with Gasteiger partial charge in [0.05, 0.1) is 12.9 Å². The lowest BCUT2D eigenvalue weighted by Crippen LogP contribution is -2.42. The lowest BCUT2D eigenvalue weighted by atomic mass is 10.2. The molecule has 0 aliphatic carbocycles. The molecule has 0 bridgehead atoms. The first-order chi connectivity index (χ1) is 19.4. The summed E-state index contributed by atoms with van der Waals surface area (Å²) in [7, 11) is 1.41. The number of carbonyl (C=O) groups excluding carboxylic acids is 2. The van der Waals surface area contributed by atoms with Crippen LogP contribution in [0.25, 0.3) is 21.7 Å². The van der Waals surface area contributed by atoms with E-state index in [1.54, 1.807) is 5.38 Å². The largest absolute Gasteiger partial charge is 0.408 e. The molecule has 41 heavy (non-hydrogen) atoms. The van der Waals surface area contributed by atoms with Crippen LogP contribution in [-0.4, -0.2) is 64.1 Å². The smallest absolute Gasteiger partial charge is 0.329 e. The molecular formula is C24H24F3N9O4S. The highest BCUT2D eigenvalue weighted by Gasteiger charge is 2.46. The lowest BCUT2D eigenvalue weighted by molar-refractivity contribution is -0.146. The molecule has 2 atom stereocenters. The third-order valence-corrected chi connectivity index (χ3v) is 7.65. The zero-order valence-corrected chi connectivity index (χ0v) is 22.9. The van der Waals surface area contributed by atoms with Gasteiger partial charge in [0.25, 0.3) is 5.56 Å². The number of aryl methyl sites for hydroxylation is 1. The summed E-state index contributed by atoms with van der Waals surface area (Å²) in [6, 6.07) is -2.57. The Morgan fingerprint density at radius 1 is 1.20 bits per heavy atom. The molecule has 4 aromatic heterocycles. The zero-order valence-electron chi connectivity index (χ0n) is 22.0. The van der Waals surface area contributed by atoms with E-state index < -0.39 is 42.0 Å². The fourth-order valence-electron chi connectivity index (χ4n) is 4.69. The van der Waals surface area contributed by atoms with Gasteiger partial charge in [0, 0.05) is 36.9 Å². The molecule has 0 unspecified atom stereocenters. The average Bonchev–Trinajstić information content (AvgIpc) is 3.69. The van der Waals surface area contributed by atoms with Gasteiger partial charge < -0.3 is 14.8 Å². The molecule has 4 aromatic rings. The summed E-state index contributed by atoms with van der Waals surface area (Å²) in [5.41, 5.74) is -0.937. The number of amides is 1. The standard InChI is InChI=1S/C24H24F3N9O4S/c1-12(37)9-35-21(39)17-18(33(3)23(35)40)30-11-36(17)13(2)19(38)31-16-10-41-20(32-16)14-7-28-22(29-8-14)34-6-4-5-15(34)24(25,26)27/h7-8,10-11,13,15H,4-6,9H2,1-3H3,(H,31,38)/t13-,15-/m0/s1. The van der Waals surface area contributed by atoms with Crippen molar-refractivity contribution in [2.45, 2.75) is 51.5 Å². The highest BCUT2D eigenvalue weighted by atomic mass is 32.1. The summed E-state index contributed by atoms with van der Waals surface area (Å²) in [4.78, 5) is 68.1. The first-order valence-electron chi connectivity index (χ1n) is 12.4. The van der Waals surface area contributed by atoms with E-state index in [4.69, 9.17) is 0 Å². The molecule has 1 aliphatic rings. The molecular weight excluding hydrogens is 567 g/mol. The highest BCUT2D eigenvalue weighted by Crippen LogP contribution is 2.35. The molecule has 216 valence electrons. The van der Waals surface area contributed by atoms with Crippen molar-refractivity contribution in [2.24, 2.45) is 7.05 Å². The third kappa shape index (κ3) is 5.23. The van der Waals surface area contributed by atoms with Crippen molar-refractivity contribution >= 4 is 46.0 Å². The number of nitrogens with one attached hydrogen (secondary N) is 1. The number of nitrogens with zero attached hydrogens (tertiary/aromatic N) is 8. The molecule has 0 radical (unpaired) electrons. The lowest BCUT2D eigenvalue weighted by Gasteiger charge is -2.26. The van der Waals surface area contributed by atoms with Crippen molar-refractivity contribution in [2.75, 3.05) is 16.8 Å². The summed E-state index contributed by atoms with van der Waals surface area (Å²) in [5.74, 6) is -0.735. The Bertz CT molecular complexity index is 1760. The predicted molar refractivity (Wildman–Crippen MR) is 143 cm³/mol. The van der Waals surface area contributed by atoms with E-state index in [-0.39, 0.29) is 41.7 Å². The van der Waals surface area contributed by atoms with Gasteiger partial charge in [-0.25, -0.2) is 24.7 Å². The van der Waals surface area contributed by atoms with Crippen molar-refractivity contribution in [1.82, 2.24) is 33.6 Å². The number of rotatable bonds is 7. The number of hydrogen-bond acceptors (Lipinski definition) is 10.